The summed E-state index contributed by atoms with van der Waals surface area (Å²) in [5.41, 5.74) is 0.644. The number of nitrogens with zero attached hydrogens (tertiary/aromatic N) is 3. The first-order chi connectivity index (χ1) is 12.2. The van der Waals surface area contributed by atoms with E-state index in [1.807, 2.05) is 6.07 Å². The highest BCUT2D eigenvalue weighted by atomic mass is 16.3. The summed E-state index contributed by atoms with van der Waals surface area (Å²) in [6.45, 7) is 0.446. The van der Waals surface area contributed by atoms with E-state index in [0.717, 1.165) is 4.90 Å². The monoisotopic (exact) mass is 340 g/mol. The van der Waals surface area contributed by atoms with Crippen molar-refractivity contribution in [2.75, 3.05) is 13.1 Å². The van der Waals surface area contributed by atoms with E-state index in [1.165, 1.54) is 17.5 Å². The van der Waals surface area contributed by atoms with Crippen LogP contribution in [-0.2, 0) is 4.79 Å². The van der Waals surface area contributed by atoms with Gasteiger partial charge < -0.3 is 14.5 Å². The van der Waals surface area contributed by atoms with Crippen LogP contribution in [0.25, 0.3) is 0 Å². The number of imide groups is 1. The fraction of sp³-hybridized carbons (Fsp3) is 0.176. The second kappa shape index (κ2) is 7.43. The third-order valence-corrected chi connectivity index (χ3v) is 3.67. The minimum atomic E-state index is -0.817. The van der Waals surface area contributed by atoms with Gasteiger partial charge in [0.05, 0.1) is 25.6 Å². The number of rotatable bonds is 5. The first kappa shape index (κ1) is 16.4. The van der Waals surface area contributed by atoms with E-state index in [1.54, 1.807) is 36.4 Å². The molecule has 1 atom stereocenters. The van der Waals surface area contributed by atoms with Gasteiger partial charge in [-0.3, -0.25) is 0 Å². The van der Waals surface area contributed by atoms with Gasteiger partial charge in [0.25, 0.3) is 0 Å². The van der Waals surface area contributed by atoms with Crippen molar-refractivity contribution in [3.63, 3.8) is 0 Å². The molecule has 1 aromatic heterocycles. The summed E-state index contributed by atoms with van der Waals surface area (Å²) in [4.78, 5) is 36.9. The zero-order chi connectivity index (χ0) is 17.6. The van der Waals surface area contributed by atoms with Crippen LogP contribution in [0.5, 0.6) is 0 Å². The van der Waals surface area contributed by atoms with Crippen molar-refractivity contribution in [3.05, 3.63) is 60.1 Å². The van der Waals surface area contributed by atoms with Crippen LogP contribution in [0.15, 0.2) is 58.2 Å². The lowest BCUT2D eigenvalue weighted by atomic mass is 10.1. The Balaban J connectivity index is 1.63. The third-order valence-electron chi connectivity index (χ3n) is 3.67. The van der Waals surface area contributed by atoms with Crippen LogP contribution in [0, 0.1) is 0 Å². The number of hydrogen-bond acceptors (Lipinski definition) is 5. The number of nitrogens with one attached hydrogen (secondary N) is 1. The minimum absolute atomic E-state index is 0.181. The number of hydrazone groups is 1. The van der Waals surface area contributed by atoms with Gasteiger partial charge >= 0.3 is 12.1 Å². The van der Waals surface area contributed by atoms with Crippen LogP contribution in [0.3, 0.4) is 0 Å². The average molecular weight is 340 g/mol. The molecule has 4 amide bonds. The molecule has 1 aromatic carbocycles. The number of carbonyl (C=O) groups excluding carboxylic acids is 3. The van der Waals surface area contributed by atoms with Gasteiger partial charge in [-0.2, -0.15) is 5.10 Å². The molecule has 0 radical (unpaired) electrons. The summed E-state index contributed by atoms with van der Waals surface area (Å²) in [6.07, 6.45) is 3.52. The lowest BCUT2D eigenvalue weighted by molar-refractivity contribution is -0.109. The van der Waals surface area contributed by atoms with E-state index < -0.39 is 18.1 Å². The zero-order valence-corrected chi connectivity index (χ0v) is 13.2. The number of carbonyl (C=O) groups is 3. The molecule has 0 bridgehead atoms. The normalized spacial score (nSPS) is 15.6. The van der Waals surface area contributed by atoms with Crippen molar-refractivity contribution in [2.24, 2.45) is 5.10 Å². The molecule has 0 saturated carbocycles. The number of furan rings is 1. The Morgan fingerprint density at radius 1 is 1.20 bits per heavy atom. The highest BCUT2D eigenvalue weighted by Crippen LogP contribution is 2.14. The quantitative estimate of drug-likeness (QED) is 0.665. The molecule has 1 aliphatic heterocycles. The smallest absolute Gasteiger partial charge is 0.348 e. The number of amides is 4. The van der Waals surface area contributed by atoms with Crippen molar-refractivity contribution in [3.8, 4) is 0 Å². The van der Waals surface area contributed by atoms with Gasteiger partial charge in [-0.05, 0) is 17.7 Å². The summed E-state index contributed by atoms with van der Waals surface area (Å²) in [7, 11) is 0. The maximum atomic E-state index is 12.3. The summed E-state index contributed by atoms with van der Waals surface area (Å²) in [5, 5.41) is 7.72. The van der Waals surface area contributed by atoms with Crippen molar-refractivity contribution in [1.82, 2.24) is 15.2 Å². The van der Waals surface area contributed by atoms with Gasteiger partial charge in [0.15, 0.2) is 0 Å². The molecule has 8 nitrogen and oxygen atoms in total. The Morgan fingerprint density at radius 2 is 2.00 bits per heavy atom. The Labute approximate surface area is 143 Å². The molecule has 0 spiro atoms. The first-order valence-corrected chi connectivity index (χ1v) is 7.66. The van der Waals surface area contributed by atoms with Gasteiger partial charge in [-0.1, -0.05) is 30.3 Å². The van der Waals surface area contributed by atoms with Gasteiger partial charge in [0.2, 0.25) is 0 Å². The summed E-state index contributed by atoms with van der Waals surface area (Å²) >= 11 is 0. The van der Waals surface area contributed by atoms with Gasteiger partial charge in [0.1, 0.15) is 18.1 Å². The molecule has 1 saturated heterocycles. The predicted molar refractivity (Wildman–Crippen MR) is 88.9 cm³/mol. The summed E-state index contributed by atoms with van der Waals surface area (Å²) in [6, 6.07) is 10.2. The molecule has 25 heavy (non-hydrogen) atoms. The number of benzene rings is 1. The number of urea groups is 2. The molecule has 1 aliphatic rings. The first-order valence-electron chi connectivity index (χ1n) is 7.66. The molecule has 2 aromatic rings. The van der Waals surface area contributed by atoms with Crippen LogP contribution in [0.4, 0.5) is 9.59 Å². The SMILES string of the molecule is O=CC(NC(=O)N1CCN(N=Cc2ccco2)C1=O)c1ccccc1. The minimum Gasteiger partial charge on any atom is -0.463 e. The largest absolute Gasteiger partial charge is 0.463 e. The second-order valence-corrected chi connectivity index (χ2v) is 5.29. The summed E-state index contributed by atoms with van der Waals surface area (Å²) < 4.78 is 5.10. The molecule has 3 rings (SSSR count). The molecule has 0 aliphatic carbocycles. The van der Waals surface area contributed by atoms with Crippen molar-refractivity contribution in [1.29, 1.82) is 0 Å². The van der Waals surface area contributed by atoms with Crippen molar-refractivity contribution in [2.45, 2.75) is 6.04 Å². The van der Waals surface area contributed by atoms with Gasteiger partial charge in [-0.25, -0.2) is 19.5 Å². The van der Waals surface area contributed by atoms with Crippen LogP contribution < -0.4 is 5.32 Å². The fourth-order valence-electron chi connectivity index (χ4n) is 2.38. The van der Waals surface area contributed by atoms with E-state index in [0.29, 0.717) is 17.6 Å². The Kier molecular flexibility index (Phi) is 4.89. The van der Waals surface area contributed by atoms with Crippen molar-refractivity contribution >= 4 is 24.6 Å². The maximum absolute atomic E-state index is 12.3. The van der Waals surface area contributed by atoms with Gasteiger partial charge in [0, 0.05) is 0 Å². The van der Waals surface area contributed by atoms with E-state index >= 15 is 0 Å². The molecule has 2 heterocycles. The highest BCUT2D eigenvalue weighted by Gasteiger charge is 2.34. The molecule has 128 valence electrons. The van der Waals surface area contributed by atoms with Crippen LogP contribution >= 0.6 is 0 Å². The van der Waals surface area contributed by atoms with E-state index in [4.69, 9.17) is 4.42 Å². The molecular formula is C17H16N4O4. The molecule has 1 unspecified atom stereocenters. The van der Waals surface area contributed by atoms with Crippen LogP contribution in [0.2, 0.25) is 0 Å². The highest BCUT2D eigenvalue weighted by molar-refractivity contribution is 5.96. The van der Waals surface area contributed by atoms with Gasteiger partial charge in [-0.15, -0.1) is 0 Å². The molecule has 8 heteroatoms. The predicted octanol–water partition coefficient (Wildman–Crippen LogP) is 2.00. The van der Waals surface area contributed by atoms with E-state index in [2.05, 4.69) is 10.4 Å². The second-order valence-electron chi connectivity index (χ2n) is 5.29. The lowest BCUT2D eigenvalue weighted by Crippen LogP contribution is -2.43. The van der Waals surface area contributed by atoms with Crippen LogP contribution in [0.1, 0.15) is 17.4 Å². The topological polar surface area (TPSA) is 95.2 Å². The standard InChI is InChI=1S/C17H16N4O4/c22-12-15(13-5-2-1-3-6-13)19-16(23)20-8-9-21(17(20)24)18-11-14-7-4-10-25-14/h1-7,10-12,15H,8-9H2,(H,19,23). The summed E-state index contributed by atoms with van der Waals surface area (Å²) in [5.74, 6) is 0.501. The van der Waals surface area contributed by atoms with Crippen LogP contribution in [-0.4, -0.2) is 47.6 Å². The average Bonchev–Trinajstić information content (AvgIpc) is 3.28. The Morgan fingerprint density at radius 3 is 2.68 bits per heavy atom. The van der Waals surface area contributed by atoms with E-state index in [-0.39, 0.29) is 13.1 Å². The fourth-order valence-corrected chi connectivity index (χ4v) is 2.38. The Hall–Kier alpha value is -3.42. The number of hydrogen-bond donors (Lipinski definition) is 1. The zero-order valence-electron chi connectivity index (χ0n) is 13.2. The lowest BCUT2D eigenvalue weighted by Gasteiger charge is -2.18. The molecule has 1 fully saturated rings. The van der Waals surface area contributed by atoms with E-state index in [9.17, 15) is 14.4 Å². The third kappa shape index (κ3) is 3.74. The van der Waals surface area contributed by atoms with Crippen molar-refractivity contribution < 1.29 is 18.8 Å². The maximum Gasteiger partial charge on any atom is 0.348 e. The number of aldehydes is 1. The Bertz CT molecular complexity index is 773. The molecular weight excluding hydrogens is 324 g/mol. The molecule has 1 N–H and O–H groups in total.